The molecule has 24 heavy (non-hydrogen) atoms. The monoisotopic (exact) mass is 350 g/mol. The summed E-state index contributed by atoms with van der Waals surface area (Å²) < 4.78 is 32.1. The van der Waals surface area contributed by atoms with Crippen LogP contribution in [0.15, 0.2) is 29.2 Å². The van der Waals surface area contributed by atoms with E-state index in [-0.39, 0.29) is 0 Å². The highest BCUT2D eigenvalue weighted by atomic mass is 32.2. The smallest absolute Gasteiger partial charge is 0.243 e. The van der Waals surface area contributed by atoms with Crippen molar-refractivity contribution in [1.29, 1.82) is 0 Å². The average molecular weight is 350 g/mol. The van der Waals surface area contributed by atoms with Crippen LogP contribution in [0.2, 0.25) is 0 Å². The number of sulfonamides is 1. The first-order valence-electron chi connectivity index (χ1n) is 7.84. The zero-order valence-corrected chi connectivity index (χ0v) is 14.9. The Bertz CT molecular complexity index is 787. The number of H-pyrrole nitrogens is 1. The van der Waals surface area contributed by atoms with Crippen LogP contribution in [0.5, 0.6) is 5.75 Å². The Morgan fingerprint density at radius 2 is 1.71 bits per heavy atom. The Kier molecular flexibility index (Phi) is 4.51. The van der Waals surface area contributed by atoms with E-state index in [9.17, 15) is 8.42 Å². The summed E-state index contributed by atoms with van der Waals surface area (Å²) >= 11 is 0. The van der Waals surface area contributed by atoms with E-state index in [4.69, 9.17) is 4.74 Å². The second-order valence-corrected chi connectivity index (χ2v) is 7.79. The number of hydrogen-bond acceptors (Lipinski definition) is 5. The van der Waals surface area contributed by atoms with E-state index in [1.807, 2.05) is 13.8 Å². The highest BCUT2D eigenvalue weighted by molar-refractivity contribution is 7.89. The lowest BCUT2D eigenvalue weighted by Crippen LogP contribution is -2.48. The second kappa shape index (κ2) is 6.45. The molecule has 1 N–H and O–H groups in total. The molecule has 1 aliphatic heterocycles. The van der Waals surface area contributed by atoms with Crippen LogP contribution in [0, 0.1) is 13.8 Å². The number of aromatic nitrogens is 2. The molecule has 2 aromatic rings. The summed E-state index contributed by atoms with van der Waals surface area (Å²) in [4.78, 5) is 2.49. The molecule has 0 aliphatic carbocycles. The predicted octanol–water partition coefficient (Wildman–Crippen LogP) is 1.55. The van der Waals surface area contributed by atoms with Crippen LogP contribution in [0.4, 0.5) is 5.69 Å². The van der Waals surface area contributed by atoms with Crippen molar-refractivity contribution in [3.05, 3.63) is 35.7 Å². The number of ether oxygens (including phenoxy) is 1. The summed E-state index contributed by atoms with van der Waals surface area (Å²) in [6.45, 7) is 6.15. The van der Waals surface area contributed by atoms with Crippen LogP contribution in [0.1, 0.15) is 11.4 Å². The van der Waals surface area contributed by atoms with Gasteiger partial charge >= 0.3 is 0 Å². The number of piperazine rings is 1. The summed E-state index contributed by atoms with van der Waals surface area (Å²) in [5.41, 5.74) is 3.04. The molecule has 8 heteroatoms. The van der Waals surface area contributed by atoms with Gasteiger partial charge in [0.2, 0.25) is 10.0 Å². The number of aromatic amines is 1. The third kappa shape index (κ3) is 2.99. The van der Waals surface area contributed by atoms with Gasteiger partial charge in [-0.3, -0.25) is 5.10 Å². The number of methoxy groups -OCH3 is 1. The summed E-state index contributed by atoms with van der Waals surface area (Å²) in [7, 11) is -1.91. The molecule has 1 saturated heterocycles. The third-order valence-electron chi connectivity index (χ3n) is 4.34. The normalized spacial score (nSPS) is 16.4. The molecule has 3 rings (SSSR count). The van der Waals surface area contributed by atoms with Gasteiger partial charge < -0.3 is 9.64 Å². The molecule has 0 saturated carbocycles. The summed E-state index contributed by atoms with van der Waals surface area (Å²) in [6, 6.07) is 6.51. The van der Waals surface area contributed by atoms with Gasteiger partial charge in [0.05, 0.1) is 29.1 Å². The Morgan fingerprint density at radius 1 is 1.08 bits per heavy atom. The van der Waals surface area contributed by atoms with Crippen molar-refractivity contribution >= 4 is 15.7 Å². The maximum Gasteiger partial charge on any atom is 0.243 e. The summed E-state index contributed by atoms with van der Waals surface area (Å²) in [6.07, 6.45) is 0. The minimum Gasteiger partial charge on any atom is -0.497 e. The van der Waals surface area contributed by atoms with Crippen LogP contribution < -0.4 is 9.64 Å². The molecule has 1 aromatic heterocycles. The summed E-state index contributed by atoms with van der Waals surface area (Å²) in [5.74, 6) is 0.643. The molecule has 130 valence electrons. The number of benzene rings is 1. The van der Waals surface area contributed by atoms with E-state index in [0.29, 0.717) is 36.8 Å². The van der Waals surface area contributed by atoms with Crippen molar-refractivity contribution in [3.8, 4) is 5.75 Å². The van der Waals surface area contributed by atoms with Gasteiger partial charge in [0, 0.05) is 26.2 Å². The number of nitrogens with one attached hydrogen (secondary N) is 1. The molecule has 7 nitrogen and oxygen atoms in total. The minimum absolute atomic E-state index is 0.299. The van der Waals surface area contributed by atoms with E-state index < -0.39 is 10.0 Å². The number of hydrogen-bond donors (Lipinski definition) is 1. The van der Waals surface area contributed by atoms with Crippen LogP contribution in [0.3, 0.4) is 0 Å². The zero-order valence-electron chi connectivity index (χ0n) is 14.1. The zero-order chi connectivity index (χ0) is 17.3. The lowest BCUT2D eigenvalue weighted by molar-refractivity contribution is 0.384. The molecular weight excluding hydrogens is 328 g/mol. The van der Waals surface area contributed by atoms with Gasteiger partial charge in [-0.15, -0.1) is 0 Å². The van der Waals surface area contributed by atoms with Gasteiger partial charge in [0.15, 0.2) is 0 Å². The van der Waals surface area contributed by atoms with Gasteiger partial charge in [0.25, 0.3) is 0 Å². The van der Waals surface area contributed by atoms with E-state index in [0.717, 1.165) is 17.1 Å². The largest absolute Gasteiger partial charge is 0.497 e. The van der Waals surface area contributed by atoms with Crippen molar-refractivity contribution in [2.75, 3.05) is 38.2 Å². The fraction of sp³-hybridized carbons (Fsp3) is 0.438. The molecule has 0 bridgehead atoms. The highest BCUT2D eigenvalue weighted by Gasteiger charge is 2.29. The van der Waals surface area contributed by atoms with Gasteiger partial charge in [-0.05, 0) is 38.1 Å². The SMILES string of the molecule is COc1ccc(S(=O)(=O)N2CCN(c3c(C)n[nH]c3C)CC2)cc1. The molecule has 1 fully saturated rings. The number of aryl methyl sites for hydroxylation is 2. The van der Waals surface area contributed by atoms with E-state index >= 15 is 0 Å². The van der Waals surface area contributed by atoms with Gasteiger partial charge in [0.1, 0.15) is 5.75 Å². The van der Waals surface area contributed by atoms with E-state index in [1.165, 1.54) is 4.31 Å². The van der Waals surface area contributed by atoms with Crippen molar-refractivity contribution in [3.63, 3.8) is 0 Å². The van der Waals surface area contributed by atoms with E-state index in [1.54, 1.807) is 31.4 Å². The first kappa shape index (κ1) is 16.8. The van der Waals surface area contributed by atoms with Crippen LogP contribution in [0.25, 0.3) is 0 Å². The first-order chi connectivity index (χ1) is 11.4. The van der Waals surface area contributed by atoms with Crippen LogP contribution >= 0.6 is 0 Å². The molecule has 0 unspecified atom stereocenters. The Labute approximate surface area is 142 Å². The summed E-state index contributed by atoms with van der Waals surface area (Å²) in [5, 5.41) is 7.19. The Hall–Kier alpha value is -2.06. The molecule has 0 amide bonds. The second-order valence-electron chi connectivity index (χ2n) is 5.85. The molecule has 1 aromatic carbocycles. The van der Waals surface area contributed by atoms with Crippen molar-refractivity contribution in [2.45, 2.75) is 18.7 Å². The van der Waals surface area contributed by atoms with Crippen molar-refractivity contribution in [2.24, 2.45) is 0 Å². The fourth-order valence-corrected chi connectivity index (χ4v) is 4.48. The number of anilines is 1. The van der Waals surface area contributed by atoms with Crippen LogP contribution in [-0.2, 0) is 10.0 Å². The average Bonchev–Trinajstić information content (AvgIpc) is 2.93. The minimum atomic E-state index is -3.47. The number of nitrogens with zero attached hydrogens (tertiary/aromatic N) is 3. The standard InChI is InChI=1S/C16H22N4O3S/c1-12-16(13(2)18-17-12)19-8-10-20(11-9-19)24(21,22)15-6-4-14(23-3)5-7-15/h4-7H,8-11H2,1-3H3,(H,17,18). The molecular formula is C16H22N4O3S. The fourth-order valence-electron chi connectivity index (χ4n) is 3.06. The van der Waals surface area contributed by atoms with Crippen molar-refractivity contribution in [1.82, 2.24) is 14.5 Å². The maximum absolute atomic E-state index is 12.8. The van der Waals surface area contributed by atoms with Crippen LogP contribution in [-0.4, -0.2) is 56.2 Å². The molecule has 1 aliphatic rings. The topological polar surface area (TPSA) is 78.5 Å². The van der Waals surface area contributed by atoms with Gasteiger partial charge in [-0.2, -0.15) is 9.40 Å². The first-order valence-corrected chi connectivity index (χ1v) is 9.28. The molecule has 0 atom stereocenters. The molecule has 2 heterocycles. The highest BCUT2D eigenvalue weighted by Crippen LogP contribution is 2.25. The van der Waals surface area contributed by atoms with Gasteiger partial charge in [-0.1, -0.05) is 0 Å². The lowest BCUT2D eigenvalue weighted by Gasteiger charge is -2.35. The predicted molar refractivity (Wildman–Crippen MR) is 92.0 cm³/mol. The Balaban J connectivity index is 1.73. The van der Waals surface area contributed by atoms with Crippen molar-refractivity contribution < 1.29 is 13.2 Å². The quantitative estimate of drug-likeness (QED) is 0.905. The molecule has 0 radical (unpaired) electrons. The maximum atomic E-state index is 12.8. The third-order valence-corrected chi connectivity index (χ3v) is 6.25. The number of rotatable bonds is 4. The van der Waals surface area contributed by atoms with Gasteiger partial charge in [-0.25, -0.2) is 8.42 Å². The Morgan fingerprint density at radius 3 is 2.21 bits per heavy atom. The van der Waals surface area contributed by atoms with E-state index in [2.05, 4.69) is 15.1 Å². The lowest BCUT2D eigenvalue weighted by atomic mass is 10.2. The molecule has 0 spiro atoms.